The Morgan fingerprint density at radius 3 is 2.78 bits per heavy atom. The van der Waals surface area contributed by atoms with E-state index in [1.165, 1.54) is 6.20 Å². The second kappa shape index (κ2) is 8.12. The van der Waals surface area contributed by atoms with Crippen molar-refractivity contribution in [2.24, 2.45) is 0 Å². The molecule has 0 unspecified atom stereocenters. The highest BCUT2D eigenvalue weighted by molar-refractivity contribution is 5.87. The van der Waals surface area contributed by atoms with Crippen LogP contribution in [0.5, 0.6) is 5.88 Å². The molecule has 2 aromatic heterocycles. The van der Waals surface area contributed by atoms with Crippen molar-refractivity contribution in [2.45, 2.75) is 6.54 Å². The van der Waals surface area contributed by atoms with Crippen LogP contribution in [0, 0.1) is 17.5 Å². The molecule has 1 aliphatic heterocycles. The third kappa shape index (κ3) is 3.52. The van der Waals surface area contributed by atoms with Crippen molar-refractivity contribution >= 4 is 17.0 Å². The Kier molecular flexibility index (Phi) is 5.14. The number of fused-ring (bicyclic) bond motifs is 2. The van der Waals surface area contributed by atoms with Gasteiger partial charge in [0, 0.05) is 37.4 Å². The number of rotatable bonds is 6. The lowest BCUT2D eigenvalue weighted by Crippen LogP contribution is -2.05. The van der Waals surface area contributed by atoms with Gasteiger partial charge in [0.05, 0.1) is 29.5 Å². The highest BCUT2D eigenvalue weighted by Crippen LogP contribution is 2.38. The third-order valence-corrected chi connectivity index (χ3v) is 5.17. The van der Waals surface area contributed by atoms with Crippen molar-refractivity contribution in [3.05, 3.63) is 54.0 Å². The van der Waals surface area contributed by atoms with Gasteiger partial charge in [-0.25, -0.2) is 28.1 Å². The molecule has 10 heteroatoms. The Balaban J connectivity index is 1.65. The smallest absolute Gasteiger partial charge is 0.232 e. The molecule has 32 heavy (non-hydrogen) atoms. The number of imidazole rings is 1. The summed E-state index contributed by atoms with van der Waals surface area (Å²) in [5.74, 6) is -2.46. The van der Waals surface area contributed by atoms with E-state index in [4.69, 9.17) is 9.47 Å². The lowest BCUT2D eigenvalue weighted by atomic mass is 10.0. The van der Waals surface area contributed by atoms with E-state index in [0.29, 0.717) is 66.5 Å². The summed E-state index contributed by atoms with van der Waals surface area (Å²) in [6.45, 7) is 1.95. The molecule has 0 radical (unpaired) electrons. The lowest BCUT2D eigenvalue weighted by molar-refractivity contribution is 0.143. The van der Waals surface area contributed by atoms with Crippen molar-refractivity contribution < 1.29 is 22.6 Å². The Morgan fingerprint density at radius 2 is 1.94 bits per heavy atom. The van der Waals surface area contributed by atoms with E-state index in [0.717, 1.165) is 6.07 Å². The molecule has 7 nitrogen and oxygen atoms in total. The Bertz CT molecular complexity index is 1320. The van der Waals surface area contributed by atoms with Gasteiger partial charge < -0.3 is 19.4 Å². The van der Waals surface area contributed by atoms with Gasteiger partial charge in [0.15, 0.2) is 11.6 Å². The first-order chi connectivity index (χ1) is 15.5. The summed E-state index contributed by atoms with van der Waals surface area (Å²) in [6.07, 6.45) is 1.52. The molecule has 0 spiro atoms. The normalized spacial score (nSPS) is 12.8. The quantitative estimate of drug-likeness (QED) is 0.360. The van der Waals surface area contributed by atoms with Crippen molar-refractivity contribution in [3.63, 3.8) is 0 Å². The first-order valence-electron chi connectivity index (χ1n) is 9.93. The SMILES string of the molecule is COCCOc1cnc2ccc(-c3c(-c4cc(F)cc(F)c4F)nc4n3CCN4)cc2n1. The predicted octanol–water partition coefficient (Wildman–Crippen LogP) is 4.03. The van der Waals surface area contributed by atoms with E-state index in [9.17, 15) is 13.2 Å². The largest absolute Gasteiger partial charge is 0.474 e. The van der Waals surface area contributed by atoms with Crippen LogP contribution in [0.4, 0.5) is 19.1 Å². The molecule has 3 heterocycles. The maximum Gasteiger partial charge on any atom is 0.232 e. The molecule has 1 aliphatic rings. The van der Waals surface area contributed by atoms with Crippen LogP contribution in [-0.4, -0.2) is 46.4 Å². The summed E-state index contributed by atoms with van der Waals surface area (Å²) in [7, 11) is 1.57. The Hall–Kier alpha value is -3.66. The third-order valence-electron chi connectivity index (χ3n) is 5.17. The minimum atomic E-state index is -1.27. The van der Waals surface area contributed by atoms with Crippen molar-refractivity contribution in [3.8, 4) is 28.4 Å². The van der Waals surface area contributed by atoms with Gasteiger partial charge in [-0.2, -0.15) is 0 Å². The van der Waals surface area contributed by atoms with Crippen LogP contribution in [0.1, 0.15) is 0 Å². The van der Waals surface area contributed by atoms with Crippen LogP contribution < -0.4 is 10.1 Å². The highest BCUT2D eigenvalue weighted by Gasteiger charge is 2.26. The van der Waals surface area contributed by atoms with Crippen LogP contribution in [0.2, 0.25) is 0 Å². The number of halogens is 3. The van der Waals surface area contributed by atoms with Gasteiger partial charge in [0.2, 0.25) is 11.8 Å². The number of anilines is 1. The monoisotopic (exact) mass is 441 g/mol. The Morgan fingerprint density at radius 1 is 1.06 bits per heavy atom. The maximum absolute atomic E-state index is 14.6. The van der Waals surface area contributed by atoms with Crippen molar-refractivity contribution in [2.75, 3.05) is 32.2 Å². The summed E-state index contributed by atoms with van der Waals surface area (Å²) in [5, 5.41) is 3.11. The van der Waals surface area contributed by atoms with Crippen LogP contribution in [0.15, 0.2) is 36.5 Å². The van der Waals surface area contributed by atoms with Gasteiger partial charge in [-0.15, -0.1) is 0 Å². The molecule has 0 aliphatic carbocycles. The average Bonchev–Trinajstić information content (AvgIpc) is 3.37. The first-order valence-corrected chi connectivity index (χ1v) is 9.93. The fourth-order valence-electron chi connectivity index (χ4n) is 3.73. The van der Waals surface area contributed by atoms with Crippen LogP contribution in [0.25, 0.3) is 33.5 Å². The average molecular weight is 441 g/mol. The van der Waals surface area contributed by atoms with E-state index in [1.807, 2.05) is 4.57 Å². The maximum atomic E-state index is 14.6. The lowest BCUT2D eigenvalue weighted by Gasteiger charge is -2.10. The fraction of sp³-hybridized carbons (Fsp3) is 0.227. The molecule has 5 rings (SSSR count). The van der Waals surface area contributed by atoms with Gasteiger partial charge in [-0.1, -0.05) is 6.07 Å². The fourth-order valence-corrected chi connectivity index (χ4v) is 3.73. The van der Waals surface area contributed by atoms with Gasteiger partial charge >= 0.3 is 0 Å². The number of ether oxygens (including phenoxy) is 2. The van der Waals surface area contributed by atoms with Gasteiger partial charge in [0.1, 0.15) is 18.1 Å². The molecule has 0 saturated carbocycles. The van der Waals surface area contributed by atoms with Crippen molar-refractivity contribution in [1.29, 1.82) is 0 Å². The molecule has 1 N–H and O–H groups in total. The van der Waals surface area contributed by atoms with Gasteiger partial charge in [0.25, 0.3) is 0 Å². The summed E-state index contributed by atoms with van der Waals surface area (Å²) >= 11 is 0. The minimum absolute atomic E-state index is 0.142. The highest BCUT2D eigenvalue weighted by atomic mass is 19.2. The zero-order valence-corrected chi connectivity index (χ0v) is 17.0. The predicted molar refractivity (Wildman–Crippen MR) is 112 cm³/mol. The number of hydrogen-bond acceptors (Lipinski definition) is 6. The minimum Gasteiger partial charge on any atom is -0.474 e. The molecule has 2 aromatic carbocycles. The summed E-state index contributed by atoms with van der Waals surface area (Å²) < 4.78 is 54.8. The summed E-state index contributed by atoms with van der Waals surface area (Å²) in [4.78, 5) is 13.3. The van der Waals surface area contributed by atoms with E-state index in [-0.39, 0.29) is 11.3 Å². The van der Waals surface area contributed by atoms with Gasteiger partial charge in [-0.05, 0) is 18.2 Å². The second-order valence-corrected chi connectivity index (χ2v) is 7.21. The molecular formula is C22H18F3N5O2. The molecule has 4 aromatic rings. The molecule has 0 fully saturated rings. The summed E-state index contributed by atoms with van der Waals surface area (Å²) in [5.41, 5.74) is 2.27. The van der Waals surface area contributed by atoms with Gasteiger partial charge in [-0.3, -0.25) is 0 Å². The zero-order valence-electron chi connectivity index (χ0n) is 17.0. The standard InChI is InChI=1S/C22H18F3N5O2/c1-31-6-7-32-18-11-27-16-3-2-12(8-17(16)28-18)21-20(29-22-26-4-5-30(21)22)14-9-13(23)10-15(24)19(14)25/h2-3,8-11H,4-7H2,1H3,(H,26,29). The van der Waals surface area contributed by atoms with E-state index >= 15 is 0 Å². The topological polar surface area (TPSA) is 74.1 Å². The number of methoxy groups -OCH3 is 1. The van der Waals surface area contributed by atoms with E-state index in [2.05, 4.69) is 20.3 Å². The first kappa shape index (κ1) is 20.3. The second-order valence-electron chi connectivity index (χ2n) is 7.21. The molecule has 0 bridgehead atoms. The zero-order chi connectivity index (χ0) is 22.2. The number of hydrogen-bond donors (Lipinski definition) is 1. The number of benzene rings is 2. The molecule has 0 amide bonds. The number of aromatic nitrogens is 4. The van der Waals surface area contributed by atoms with E-state index < -0.39 is 17.5 Å². The molecule has 164 valence electrons. The molecule has 0 saturated heterocycles. The van der Waals surface area contributed by atoms with Crippen molar-refractivity contribution in [1.82, 2.24) is 19.5 Å². The number of nitrogens with one attached hydrogen (secondary N) is 1. The number of nitrogens with zero attached hydrogens (tertiary/aromatic N) is 4. The molecule has 0 atom stereocenters. The molecular weight excluding hydrogens is 423 g/mol. The van der Waals surface area contributed by atoms with E-state index in [1.54, 1.807) is 25.3 Å². The van der Waals surface area contributed by atoms with Crippen LogP contribution in [-0.2, 0) is 11.3 Å². The van der Waals surface area contributed by atoms with Crippen LogP contribution in [0.3, 0.4) is 0 Å². The van der Waals surface area contributed by atoms with Crippen LogP contribution >= 0.6 is 0 Å². The summed E-state index contributed by atoms with van der Waals surface area (Å²) in [6, 6.07) is 6.79. The Labute approximate surface area is 180 Å².